The van der Waals surface area contributed by atoms with Crippen LogP contribution in [0.1, 0.15) is 42.7 Å². The average Bonchev–Trinajstić information content (AvgIpc) is 2.91. The second kappa shape index (κ2) is 12.4. The van der Waals surface area contributed by atoms with Crippen molar-refractivity contribution in [2.45, 2.75) is 38.0 Å². The Morgan fingerprint density at radius 2 is 1.34 bits per heavy atom. The van der Waals surface area contributed by atoms with Crippen LogP contribution in [-0.4, -0.2) is 35.7 Å². The van der Waals surface area contributed by atoms with Gasteiger partial charge in [0, 0.05) is 30.9 Å². The number of anilines is 2. The van der Waals surface area contributed by atoms with Gasteiger partial charge in [0.25, 0.3) is 0 Å². The van der Waals surface area contributed by atoms with Crippen LogP contribution in [-0.2, 0) is 20.8 Å². The first kappa shape index (κ1) is 26.9. The van der Waals surface area contributed by atoms with Gasteiger partial charge in [-0.15, -0.1) is 0 Å². The van der Waals surface area contributed by atoms with Crippen molar-refractivity contribution in [1.82, 2.24) is 4.90 Å². The van der Waals surface area contributed by atoms with E-state index >= 15 is 0 Å². The Kier molecular flexibility index (Phi) is 8.78. The molecule has 0 aliphatic carbocycles. The number of nitrogens with one attached hydrogen (secondary N) is 2. The molecule has 0 saturated carbocycles. The van der Waals surface area contributed by atoms with Gasteiger partial charge in [0.15, 0.2) is 11.6 Å². The summed E-state index contributed by atoms with van der Waals surface area (Å²) in [5, 5.41) is 5.24. The van der Waals surface area contributed by atoms with Gasteiger partial charge < -0.3 is 15.5 Å². The van der Waals surface area contributed by atoms with Gasteiger partial charge in [-0.25, -0.2) is 13.2 Å². The van der Waals surface area contributed by atoms with Crippen LogP contribution >= 0.6 is 0 Å². The highest BCUT2D eigenvalue weighted by molar-refractivity contribution is 6.08. The number of piperidine rings is 1. The van der Waals surface area contributed by atoms with E-state index in [1.807, 2.05) is 17.0 Å². The van der Waals surface area contributed by atoms with Crippen molar-refractivity contribution in [2.75, 3.05) is 23.7 Å². The molecule has 2 N–H and O–H groups in total. The molecule has 1 saturated heterocycles. The molecule has 3 aromatic carbocycles. The Balaban J connectivity index is 1.20. The molecule has 3 aromatic rings. The number of likely N-dealkylation sites (tertiary alicyclic amines) is 1. The van der Waals surface area contributed by atoms with Crippen molar-refractivity contribution in [1.29, 1.82) is 0 Å². The normalized spacial score (nSPS) is 13.7. The quantitative estimate of drug-likeness (QED) is 0.388. The minimum absolute atomic E-state index is 0.00490. The molecule has 0 aromatic heterocycles. The molecule has 1 fully saturated rings. The molecule has 0 unspecified atom stereocenters. The molecule has 4 rings (SSSR count). The number of carbonyl (C=O) groups excluding carboxylic acids is 3. The fourth-order valence-electron chi connectivity index (χ4n) is 4.49. The van der Waals surface area contributed by atoms with Crippen molar-refractivity contribution in [3.05, 3.63) is 95.3 Å². The lowest BCUT2D eigenvalue weighted by atomic mass is 9.89. The lowest BCUT2D eigenvalue weighted by molar-refractivity contribution is -0.132. The molecule has 0 spiro atoms. The predicted octanol–water partition coefficient (Wildman–Crippen LogP) is 5.41. The van der Waals surface area contributed by atoms with E-state index in [0.717, 1.165) is 30.5 Å². The van der Waals surface area contributed by atoms with Crippen LogP contribution in [0.15, 0.2) is 66.7 Å². The summed E-state index contributed by atoms with van der Waals surface area (Å²) in [6.07, 6.45) is 1.82. The molecule has 0 radical (unpaired) electrons. The number of nitrogens with zero attached hydrogens (tertiary/aromatic N) is 1. The van der Waals surface area contributed by atoms with Crippen molar-refractivity contribution in [3.8, 4) is 0 Å². The Morgan fingerprint density at radius 3 is 1.92 bits per heavy atom. The standard InChI is InChI=1S/C29H28F3N3O3/c30-22-5-9-24(10-6-22)34-28(37)18-27(36)33-23-7-3-20(4-8-23)21-13-15-35(16-14-21)29(38)12-2-19-1-11-25(31)26(32)17-19/h1,3-11,17,21H,2,12-16,18H2,(H,33,36)(H,34,37). The van der Waals surface area contributed by atoms with Crippen molar-refractivity contribution in [3.63, 3.8) is 0 Å². The van der Waals surface area contributed by atoms with E-state index in [9.17, 15) is 27.6 Å². The fraction of sp³-hybridized carbons (Fsp3) is 0.276. The SMILES string of the molecule is O=C(CC(=O)Nc1ccc(C2CCN(C(=O)CCc3ccc(F)c(F)c3)CC2)cc1)Nc1ccc(F)cc1. The van der Waals surface area contributed by atoms with Crippen LogP contribution < -0.4 is 10.6 Å². The number of rotatable bonds is 8. The van der Waals surface area contributed by atoms with E-state index in [1.54, 1.807) is 12.1 Å². The van der Waals surface area contributed by atoms with Gasteiger partial charge in [-0.2, -0.15) is 0 Å². The van der Waals surface area contributed by atoms with Gasteiger partial charge in [0.2, 0.25) is 17.7 Å². The first-order chi connectivity index (χ1) is 18.3. The van der Waals surface area contributed by atoms with Crippen molar-refractivity contribution < 1.29 is 27.6 Å². The fourth-order valence-corrected chi connectivity index (χ4v) is 4.49. The summed E-state index contributed by atoms with van der Waals surface area (Å²) in [4.78, 5) is 38.7. The van der Waals surface area contributed by atoms with Gasteiger partial charge in [-0.05, 0) is 84.8 Å². The molecular formula is C29H28F3N3O3. The number of halogens is 3. The molecular weight excluding hydrogens is 495 g/mol. The highest BCUT2D eigenvalue weighted by atomic mass is 19.2. The third-order valence-electron chi connectivity index (χ3n) is 6.57. The van der Waals surface area contributed by atoms with Crippen molar-refractivity contribution in [2.24, 2.45) is 0 Å². The Hall–Kier alpha value is -4.14. The summed E-state index contributed by atoms with van der Waals surface area (Å²) in [6, 6.07) is 16.4. The maximum Gasteiger partial charge on any atom is 0.233 e. The second-order valence-electron chi connectivity index (χ2n) is 9.31. The molecule has 198 valence electrons. The minimum atomic E-state index is -0.909. The molecule has 1 heterocycles. The number of benzene rings is 3. The summed E-state index contributed by atoms with van der Waals surface area (Å²) >= 11 is 0. The van der Waals surface area contributed by atoms with Gasteiger partial charge in [0.05, 0.1) is 0 Å². The van der Waals surface area contributed by atoms with Crippen LogP contribution in [0.4, 0.5) is 24.5 Å². The van der Waals surface area contributed by atoms with E-state index in [0.29, 0.717) is 36.4 Å². The summed E-state index contributed by atoms with van der Waals surface area (Å²) in [5.74, 6) is -2.92. The predicted molar refractivity (Wildman–Crippen MR) is 138 cm³/mol. The van der Waals surface area contributed by atoms with E-state index < -0.39 is 29.3 Å². The van der Waals surface area contributed by atoms with Gasteiger partial charge in [-0.1, -0.05) is 18.2 Å². The average molecular weight is 524 g/mol. The van der Waals surface area contributed by atoms with Gasteiger partial charge >= 0.3 is 0 Å². The highest BCUT2D eigenvalue weighted by Gasteiger charge is 2.24. The molecule has 0 atom stereocenters. The Labute approximate surface area is 218 Å². The zero-order chi connectivity index (χ0) is 27.1. The van der Waals surface area contributed by atoms with Crippen LogP contribution in [0.2, 0.25) is 0 Å². The van der Waals surface area contributed by atoms with Crippen LogP contribution in [0, 0.1) is 17.5 Å². The number of hydrogen-bond donors (Lipinski definition) is 2. The molecule has 1 aliphatic rings. The monoisotopic (exact) mass is 523 g/mol. The number of carbonyl (C=O) groups is 3. The second-order valence-corrected chi connectivity index (χ2v) is 9.31. The van der Waals surface area contributed by atoms with E-state index in [4.69, 9.17) is 0 Å². The maximum atomic E-state index is 13.4. The zero-order valence-corrected chi connectivity index (χ0v) is 20.7. The summed E-state index contributed by atoms with van der Waals surface area (Å²) in [6.45, 7) is 1.23. The minimum Gasteiger partial charge on any atom is -0.343 e. The number of amides is 3. The zero-order valence-electron chi connectivity index (χ0n) is 20.7. The molecule has 3 amide bonds. The first-order valence-electron chi connectivity index (χ1n) is 12.4. The Bertz CT molecular complexity index is 1290. The van der Waals surface area contributed by atoms with Gasteiger partial charge in [-0.3, -0.25) is 14.4 Å². The van der Waals surface area contributed by atoms with Gasteiger partial charge in [0.1, 0.15) is 12.2 Å². The lowest BCUT2D eigenvalue weighted by Gasteiger charge is -2.32. The summed E-state index contributed by atoms with van der Waals surface area (Å²) in [7, 11) is 0. The molecule has 1 aliphatic heterocycles. The van der Waals surface area contributed by atoms with E-state index in [2.05, 4.69) is 10.6 Å². The first-order valence-corrected chi connectivity index (χ1v) is 12.4. The molecule has 6 nitrogen and oxygen atoms in total. The van der Waals surface area contributed by atoms with Crippen LogP contribution in [0.25, 0.3) is 0 Å². The third-order valence-corrected chi connectivity index (χ3v) is 6.57. The summed E-state index contributed by atoms with van der Waals surface area (Å²) < 4.78 is 39.4. The summed E-state index contributed by atoms with van der Waals surface area (Å²) in [5.41, 5.74) is 2.67. The molecule has 0 bridgehead atoms. The number of aryl methyl sites for hydroxylation is 1. The van der Waals surface area contributed by atoms with E-state index in [-0.39, 0.29) is 24.7 Å². The number of hydrogen-bond acceptors (Lipinski definition) is 3. The lowest BCUT2D eigenvalue weighted by Crippen LogP contribution is -2.38. The topological polar surface area (TPSA) is 78.5 Å². The van der Waals surface area contributed by atoms with Crippen molar-refractivity contribution >= 4 is 29.1 Å². The third kappa shape index (κ3) is 7.44. The highest BCUT2D eigenvalue weighted by Crippen LogP contribution is 2.29. The smallest absolute Gasteiger partial charge is 0.233 e. The van der Waals surface area contributed by atoms with Crippen LogP contribution in [0.3, 0.4) is 0 Å². The Morgan fingerprint density at radius 1 is 0.763 bits per heavy atom. The van der Waals surface area contributed by atoms with E-state index in [1.165, 1.54) is 30.3 Å². The molecule has 38 heavy (non-hydrogen) atoms. The van der Waals surface area contributed by atoms with Crippen LogP contribution in [0.5, 0.6) is 0 Å². The molecule has 9 heteroatoms. The maximum absolute atomic E-state index is 13.4. The largest absolute Gasteiger partial charge is 0.343 e.